The van der Waals surface area contributed by atoms with E-state index in [0.717, 1.165) is 25.4 Å². The first-order valence-electron chi connectivity index (χ1n) is 7.95. The summed E-state index contributed by atoms with van der Waals surface area (Å²) in [6.45, 7) is 8.23. The van der Waals surface area contributed by atoms with E-state index in [1.54, 1.807) is 0 Å². The molecule has 4 heteroatoms. The Labute approximate surface area is 117 Å². The van der Waals surface area contributed by atoms with E-state index in [1.807, 2.05) is 4.90 Å². The fourth-order valence-corrected chi connectivity index (χ4v) is 3.37. The predicted molar refractivity (Wildman–Crippen MR) is 77.8 cm³/mol. The molecule has 0 saturated carbocycles. The van der Waals surface area contributed by atoms with Crippen molar-refractivity contribution in [3.63, 3.8) is 0 Å². The van der Waals surface area contributed by atoms with E-state index in [2.05, 4.69) is 11.8 Å². The molecular formula is C15H29N3O. The summed E-state index contributed by atoms with van der Waals surface area (Å²) in [5, 5.41) is 0. The van der Waals surface area contributed by atoms with E-state index in [-0.39, 0.29) is 11.8 Å². The third-order valence-electron chi connectivity index (χ3n) is 4.77. The zero-order valence-corrected chi connectivity index (χ0v) is 12.3. The number of piperidine rings is 1. The molecule has 110 valence electrons. The van der Waals surface area contributed by atoms with Gasteiger partial charge in [0.1, 0.15) is 0 Å². The summed E-state index contributed by atoms with van der Waals surface area (Å²) in [6, 6.07) is 0. The van der Waals surface area contributed by atoms with Gasteiger partial charge >= 0.3 is 0 Å². The van der Waals surface area contributed by atoms with Crippen molar-refractivity contribution < 1.29 is 4.79 Å². The maximum atomic E-state index is 12.2. The molecule has 0 aromatic heterocycles. The van der Waals surface area contributed by atoms with Crippen LogP contribution in [0.4, 0.5) is 0 Å². The smallest absolute Gasteiger partial charge is 0.226 e. The molecule has 0 spiro atoms. The number of nitrogens with two attached hydrogens (primary N) is 1. The Kier molecular flexibility index (Phi) is 5.64. The standard InChI is InChI=1S/C15H29N3O/c1-2-14(11-16)15(19)18-9-5-13(6-10-18)12-17-7-3-4-8-17/h13-14H,2-12,16H2,1H3. The third-order valence-corrected chi connectivity index (χ3v) is 4.77. The van der Waals surface area contributed by atoms with Crippen molar-refractivity contribution in [1.29, 1.82) is 0 Å². The molecule has 2 aliphatic heterocycles. The van der Waals surface area contributed by atoms with Gasteiger partial charge in [-0.25, -0.2) is 0 Å². The van der Waals surface area contributed by atoms with Gasteiger partial charge in [0, 0.05) is 26.2 Å². The SMILES string of the molecule is CCC(CN)C(=O)N1CCC(CN2CCCC2)CC1. The number of amides is 1. The average molecular weight is 267 g/mol. The van der Waals surface area contributed by atoms with Gasteiger partial charge in [-0.05, 0) is 51.1 Å². The molecule has 4 nitrogen and oxygen atoms in total. The van der Waals surface area contributed by atoms with Gasteiger partial charge < -0.3 is 15.5 Å². The number of hydrogen-bond donors (Lipinski definition) is 1. The topological polar surface area (TPSA) is 49.6 Å². The van der Waals surface area contributed by atoms with Crippen molar-refractivity contribution in [1.82, 2.24) is 9.80 Å². The van der Waals surface area contributed by atoms with Crippen LogP contribution >= 0.6 is 0 Å². The van der Waals surface area contributed by atoms with Gasteiger partial charge in [-0.3, -0.25) is 4.79 Å². The van der Waals surface area contributed by atoms with Crippen LogP contribution in [0, 0.1) is 11.8 Å². The Morgan fingerprint density at radius 3 is 2.37 bits per heavy atom. The van der Waals surface area contributed by atoms with Crippen LogP contribution < -0.4 is 5.73 Å². The maximum Gasteiger partial charge on any atom is 0.226 e. The van der Waals surface area contributed by atoms with Crippen LogP contribution in [0.1, 0.15) is 39.0 Å². The Hall–Kier alpha value is -0.610. The minimum atomic E-state index is 0.0372. The number of likely N-dealkylation sites (tertiary alicyclic amines) is 2. The lowest BCUT2D eigenvalue weighted by Crippen LogP contribution is -2.45. The number of hydrogen-bond acceptors (Lipinski definition) is 3. The number of carbonyl (C=O) groups excluding carboxylic acids is 1. The fourth-order valence-electron chi connectivity index (χ4n) is 3.37. The first-order valence-corrected chi connectivity index (χ1v) is 7.95. The zero-order chi connectivity index (χ0) is 13.7. The summed E-state index contributed by atoms with van der Waals surface area (Å²) >= 11 is 0. The third kappa shape index (κ3) is 3.93. The quantitative estimate of drug-likeness (QED) is 0.817. The monoisotopic (exact) mass is 267 g/mol. The molecule has 1 atom stereocenters. The lowest BCUT2D eigenvalue weighted by molar-refractivity contribution is -0.136. The van der Waals surface area contributed by atoms with Gasteiger partial charge in [-0.15, -0.1) is 0 Å². The van der Waals surface area contributed by atoms with Crippen LogP contribution in [0.3, 0.4) is 0 Å². The lowest BCUT2D eigenvalue weighted by Gasteiger charge is -2.35. The predicted octanol–water partition coefficient (Wildman–Crippen LogP) is 1.31. The summed E-state index contributed by atoms with van der Waals surface area (Å²) in [5.41, 5.74) is 5.67. The lowest BCUT2D eigenvalue weighted by atomic mass is 9.94. The van der Waals surface area contributed by atoms with E-state index in [0.29, 0.717) is 6.54 Å². The Bertz CT molecular complexity index is 277. The Morgan fingerprint density at radius 1 is 1.21 bits per heavy atom. The van der Waals surface area contributed by atoms with Crippen molar-refractivity contribution >= 4 is 5.91 Å². The largest absolute Gasteiger partial charge is 0.342 e. The molecule has 0 radical (unpaired) electrons. The van der Waals surface area contributed by atoms with Crippen LogP contribution in [-0.4, -0.2) is 55.0 Å². The van der Waals surface area contributed by atoms with Crippen LogP contribution in [-0.2, 0) is 4.79 Å². The van der Waals surface area contributed by atoms with Gasteiger partial charge in [0.25, 0.3) is 0 Å². The minimum absolute atomic E-state index is 0.0372. The number of carbonyl (C=O) groups is 1. The highest BCUT2D eigenvalue weighted by Gasteiger charge is 2.27. The molecule has 2 saturated heterocycles. The minimum Gasteiger partial charge on any atom is -0.342 e. The van der Waals surface area contributed by atoms with Crippen molar-refractivity contribution in [3.8, 4) is 0 Å². The maximum absolute atomic E-state index is 12.2. The second-order valence-corrected chi connectivity index (χ2v) is 6.12. The molecule has 0 aromatic carbocycles. The molecular weight excluding hydrogens is 238 g/mol. The van der Waals surface area contributed by atoms with Crippen molar-refractivity contribution in [2.75, 3.05) is 39.3 Å². The molecule has 2 fully saturated rings. The van der Waals surface area contributed by atoms with E-state index in [1.165, 1.54) is 45.3 Å². The Morgan fingerprint density at radius 2 is 1.84 bits per heavy atom. The molecule has 2 aliphatic rings. The van der Waals surface area contributed by atoms with Crippen molar-refractivity contribution in [2.24, 2.45) is 17.6 Å². The van der Waals surface area contributed by atoms with E-state index >= 15 is 0 Å². The zero-order valence-electron chi connectivity index (χ0n) is 12.3. The highest BCUT2D eigenvalue weighted by atomic mass is 16.2. The summed E-state index contributed by atoms with van der Waals surface area (Å²) in [4.78, 5) is 16.9. The summed E-state index contributed by atoms with van der Waals surface area (Å²) in [5.74, 6) is 1.11. The molecule has 0 aromatic rings. The van der Waals surface area contributed by atoms with Gasteiger partial charge in [0.05, 0.1) is 5.92 Å². The summed E-state index contributed by atoms with van der Waals surface area (Å²) in [7, 11) is 0. The van der Waals surface area contributed by atoms with Crippen LogP contribution in [0.2, 0.25) is 0 Å². The molecule has 0 aliphatic carbocycles. The van der Waals surface area contributed by atoms with Gasteiger partial charge in [0.2, 0.25) is 5.91 Å². The fraction of sp³-hybridized carbons (Fsp3) is 0.933. The average Bonchev–Trinajstić information content (AvgIpc) is 2.94. The van der Waals surface area contributed by atoms with E-state index in [4.69, 9.17) is 5.73 Å². The highest BCUT2D eigenvalue weighted by Crippen LogP contribution is 2.22. The molecule has 2 N–H and O–H groups in total. The highest BCUT2D eigenvalue weighted by molar-refractivity contribution is 5.79. The van der Waals surface area contributed by atoms with Crippen LogP contribution in [0.5, 0.6) is 0 Å². The van der Waals surface area contributed by atoms with E-state index in [9.17, 15) is 4.79 Å². The van der Waals surface area contributed by atoms with Gasteiger partial charge in [0.15, 0.2) is 0 Å². The normalized spacial score (nSPS) is 23.8. The van der Waals surface area contributed by atoms with Crippen molar-refractivity contribution in [3.05, 3.63) is 0 Å². The van der Waals surface area contributed by atoms with E-state index < -0.39 is 0 Å². The first-order chi connectivity index (χ1) is 9.24. The molecule has 2 heterocycles. The molecule has 2 rings (SSSR count). The summed E-state index contributed by atoms with van der Waals surface area (Å²) < 4.78 is 0. The molecule has 1 unspecified atom stereocenters. The van der Waals surface area contributed by atoms with Crippen molar-refractivity contribution in [2.45, 2.75) is 39.0 Å². The molecule has 1 amide bonds. The van der Waals surface area contributed by atoms with Gasteiger partial charge in [-0.2, -0.15) is 0 Å². The second kappa shape index (κ2) is 7.25. The second-order valence-electron chi connectivity index (χ2n) is 6.12. The first kappa shape index (κ1) is 14.8. The summed E-state index contributed by atoms with van der Waals surface area (Å²) in [6.07, 6.45) is 5.94. The van der Waals surface area contributed by atoms with Crippen LogP contribution in [0.25, 0.3) is 0 Å². The number of rotatable bonds is 5. The number of nitrogens with zero attached hydrogens (tertiary/aromatic N) is 2. The van der Waals surface area contributed by atoms with Crippen LogP contribution in [0.15, 0.2) is 0 Å². The Balaban J connectivity index is 1.73. The molecule has 0 bridgehead atoms. The molecule has 19 heavy (non-hydrogen) atoms. The van der Waals surface area contributed by atoms with Gasteiger partial charge in [-0.1, -0.05) is 6.92 Å².